The van der Waals surface area contributed by atoms with Gasteiger partial charge in [-0.25, -0.2) is 9.78 Å². The summed E-state index contributed by atoms with van der Waals surface area (Å²) in [4.78, 5) is 14.5. The van der Waals surface area contributed by atoms with E-state index in [2.05, 4.69) is 17.2 Å². The Labute approximate surface area is 86.0 Å². The summed E-state index contributed by atoms with van der Waals surface area (Å²) in [5, 5.41) is 14.1. The molecule has 1 aromatic heterocycles. The van der Waals surface area contributed by atoms with Crippen molar-refractivity contribution in [3.05, 3.63) is 11.1 Å². The van der Waals surface area contributed by atoms with Crippen LogP contribution in [-0.4, -0.2) is 22.6 Å². The van der Waals surface area contributed by atoms with E-state index in [0.717, 1.165) is 6.54 Å². The fourth-order valence-electron chi connectivity index (χ4n) is 1.13. The van der Waals surface area contributed by atoms with E-state index < -0.39 is 5.97 Å². The van der Waals surface area contributed by atoms with Crippen molar-refractivity contribution in [3.8, 4) is 0 Å². The first-order valence-corrected chi connectivity index (χ1v) is 5.40. The molecule has 0 spiro atoms. The lowest BCUT2D eigenvalue weighted by atomic mass is 10.1. The highest BCUT2D eigenvalue weighted by Crippen LogP contribution is 2.44. The second-order valence-corrected chi connectivity index (χ2v) is 4.87. The lowest BCUT2D eigenvalue weighted by Gasteiger charge is -2.07. The predicted molar refractivity (Wildman–Crippen MR) is 54.9 cm³/mol. The number of carbonyl (C=O) groups is 1. The molecule has 1 aromatic rings. The van der Waals surface area contributed by atoms with Gasteiger partial charge in [0, 0.05) is 11.9 Å². The summed E-state index contributed by atoms with van der Waals surface area (Å²) in [6, 6.07) is 0. The number of anilines is 1. The Kier molecular flexibility index (Phi) is 2.19. The maximum atomic E-state index is 10.5. The summed E-state index contributed by atoms with van der Waals surface area (Å²) >= 11 is 1.34. The molecule has 4 nitrogen and oxygen atoms in total. The minimum Gasteiger partial charge on any atom is -0.476 e. The zero-order valence-corrected chi connectivity index (χ0v) is 8.73. The molecule has 0 aromatic carbocycles. The predicted octanol–water partition coefficient (Wildman–Crippen LogP) is 2.05. The van der Waals surface area contributed by atoms with Crippen LogP contribution in [0, 0.1) is 5.41 Å². The van der Waals surface area contributed by atoms with Crippen LogP contribution in [0.4, 0.5) is 5.13 Å². The Hall–Kier alpha value is -1.10. The highest BCUT2D eigenvalue weighted by molar-refractivity contribution is 7.13. The van der Waals surface area contributed by atoms with Gasteiger partial charge in [-0.1, -0.05) is 6.92 Å². The average Bonchev–Trinajstić information content (AvgIpc) is 2.68. The summed E-state index contributed by atoms with van der Waals surface area (Å²) < 4.78 is 0. The van der Waals surface area contributed by atoms with Gasteiger partial charge in [-0.05, 0) is 18.3 Å². The summed E-state index contributed by atoms with van der Waals surface area (Å²) in [6.07, 6.45) is 2.49. The molecule has 0 amide bonds. The lowest BCUT2D eigenvalue weighted by molar-refractivity contribution is 0.0691. The van der Waals surface area contributed by atoms with Gasteiger partial charge in [0.25, 0.3) is 0 Å². The van der Waals surface area contributed by atoms with Gasteiger partial charge >= 0.3 is 5.97 Å². The Balaban J connectivity index is 1.93. The second kappa shape index (κ2) is 3.24. The molecule has 1 fully saturated rings. The topological polar surface area (TPSA) is 62.2 Å². The van der Waals surface area contributed by atoms with Gasteiger partial charge < -0.3 is 10.4 Å². The number of hydrogen-bond donors (Lipinski definition) is 2. The van der Waals surface area contributed by atoms with Crippen LogP contribution in [0.15, 0.2) is 5.38 Å². The quantitative estimate of drug-likeness (QED) is 0.801. The van der Waals surface area contributed by atoms with Crippen LogP contribution in [-0.2, 0) is 0 Å². The molecule has 1 saturated carbocycles. The third-order valence-corrected chi connectivity index (χ3v) is 3.29. The molecule has 2 N–H and O–H groups in total. The van der Waals surface area contributed by atoms with Crippen molar-refractivity contribution in [2.75, 3.05) is 11.9 Å². The molecule has 0 aliphatic heterocycles. The number of thiazole rings is 1. The number of nitrogens with one attached hydrogen (secondary N) is 1. The molecule has 0 atom stereocenters. The first kappa shape index (κ1) is 9.45. The summed E-state index contributed by atoms with van der Waals surface area (Å²) in [5.74, 6) is -0.966. The molecular formula is C9H12N2O2S. The maximum absolute atomic E-state index is 10.5. The molecule has 1 aliphatic carbocycles. The second-order valence-electron chi connectivity index (χ2n) is 4.01. The molecule has 1 aliphatic rings. The van der Waals surface area contributed by atoms with E-state index in [1.165, 1.54) is 24.2 Å². The van der Waals surface area contributed by atoms with Gasteiger partial charge in [0.1, 0.15) is 0 Å². The van der Waals surface area contributed by atoms with E-state index in [1.807, 2.05) is 0 Å². The van der Waals surface area contributed by atoms with E-state index >= 15 is 0 Å². The fourth-order valence-corrected chi connectivity index (χ4v) is 1.82. The first-order valence-electron chi connectivity index (χ1n) is 4.52. The lowest BCUT2D eigenvalue weighted by Crippen LogP contribution is -2.11. The smallest absolute Gasteiger partial charge is 0.355 e. The van der Waals surface area contributed by atoms with Crippen molar-refractivity contribution in [1.82, 2.24) is 4.98 Å². The molecule has 0 saturated heterocycles. The molecule has 5 heteroatoms. The minimum absolute atomic E-state index is 0.124. The van der Waals surface area contributed by atoms with Crippen molar-refractivity contribution in [1.29, 1.82) is 0 Å². The van der Waals surface area contributed by atoms with Gasteiger partial charge in [0.05, 0.1) is 0 Å². The highest BCUT2D eigenvalue weighted by atomic mass is 32.1. The molecule has 2 rings (SSSR count). The van der Waals surface area contributed by atoms with Crippen LogP contribution >= 0.6 is 11.3 Å². The van der Waals surface area contributed by atoms with Crippen molar-refractivity contribution >= 4 is 22.4 Å². The highest BCUT2D eigenvalue weighted by Gasteiger charge is 2.36. The van der Waals surface area contributed by atoms with Crippen LogP contribution in [0.5, 0.6) is 0 Å². The number of nitrogens with zero attached hydrogens (tertiary/aromatic N) is 1. The summed E-state index contributed by atoms with van der Waals surface area (Å²) in [6.45, 7) is 3.10. The van der Waals surface area contributed by atoms with E-state index in [0.29, 0.717) is 10.5 Å². The van der Waals surface area contributed by atoms with E-state index in [4.69, 9.17) is 5.11 Å². The van der Waals surface area contributed by atoms with Crippen LogP contribution in [0.2, 0.25) is 0 Å². The Morgan fingerprint density at radius 1 is 1.79 bits per heavy atom. The molecule has 0 unspecified atom stereocenters. The normalized spacial score (nSPS) is 17.8. The fraction of sp³-hybridized carbons (Fsp3) is 0.556. The SMILES string of the molecule is CC1(CNc2nc(C(=O)O)cs2)CC1. The number of aromatic nitrogens is 1. The summed E-state index contributed by atoms with van der Waals surface area (Å²) in [7, 11) is 0. The monoisotopic (exact) mass is 212 g/mol. The van der Waals surface area contributed by atoms with Crippen LogP contribution in [0.25, 0.3) is 0 Å². The first-order chi connectivity index (χ1) is 6.59. The standard InChI is InChI=1S/C9H12N2O2S/c1-9(2-3-9)5-10-8-11-6(4-14-8)7(12)13/h4H,2-3,5H2,1H3,(H,10,11)(H,12,13). The average molecular weight is 212 g/mol. The zero-order valence-electron chi connectivity index (χ0n) is 7.91. The molecule has 0 bridgehead atoms. The van der Waals surface area contributed by atoms with Crippen molar-refractivity contribution in [3.63, 3.8) is 0 Å². The van der Waals surface area contributed by atoms with Crippen LogP contribution in [0.1, 0.15) is 30.3 Å². The Morgan fingerprint density at radius 3 is 3.00 bits per heavy atom. The molecule has 14 heavy (non-hydrogen) atoms. The van der Waals surface area contributed by atoms with Gasteiger partial charge in [0.2, 0.25) is 0 Å². The van der Waals surface area contributed by atoms with Crippen molar-refractivity contribution in [2.24, 2.45) is 5.41 Å². The number of rotatable bonds is 4. The van der Waals surface area contributed by atoms with Gasteiger partial charge in [0.15, 0.2) is 10.8 Å². The van der Waals surface area contributed by atoms with Gasteiger partial charge in [-0.15, -0.1) is 11.3 Å². The number of aromatic carboxylic acids is 1. The zero-order chi connectivity index (χ0) is 10.2. The third-order valence-electron chi connectivity index (χ3n) is 2.49. The van der Waals surface area contributed by atoms with Crippen molar-refractivity contribution < 1.29 is 9.90 Å². The minimum atomic E-state index is -0.966. The largest absolute Gasteiger partial charge is 0.476 e. The third kappa shape index (κ3) is 2.04. The van der Waals surface area contributed by atoms with Gasteiger partial charge in [-0.3, -0.25) is 0 Å². The van der Waals surface area contributed by atoms with Crippen LogP contribution in [0.3, 0.4) is 0 Å². The molecular weight excluding hydrogens is 200 g/mol. The van der Waals surface area contributed by atoms with Crippen LogP contribution < -0.4 is 5.32 Å². The molecule has 1 heterocycles. The number of hydrogen-bond acceptors (Lipinski definition) is 4. The Bertz CT molecular complexity index is 357. The van der Waals surface area contributed by atoms with Crippen molar-refractivity contribution in [2.45, 2.75) is 19.8 Å². The van der Waals surface area contributed by atoms with Gasteiger partial charge in [-0.2, -0.15) is 0 Å². The number of carboxylic acids is 1. The van der Waals surface area contributed by atoms with E-state index in [1.54, 1.807) is 5.38 Å². The van der Waals surface area contributed by atoms with E-state index in [-0.39, 0.29) is 5.69 Å². The molecule has 0 radical (unpaired) electrons. The molecule has 76 valence electrons. The summed E-state index contributed by atoms with van der Waals surface area (Å²) in [5.41, 5.74) is 0.535. The Morgan fingerprint density at radius 2 is 2.50 bits per heavy atom. The maximum Gasteiger partial charge on any atom is 0.355 e. The van der Waals surface area contributed by atoms with E-state index in [9.17, 15) is 4.79 Å². The number of carboxylic acid groups (broad SMARTS) is 1.